The highest BCUT2D eigenvalue weighted by Crippen LogP contribution is 2.35. The first kappa shape index (κ1) is 24.8. The molecule has 1 aliphatic rings. The Hall–Kier alpha value is -3.82. The largest absolute Gasteiger partial charge is 0.471 e. The Morgan fingerprint density at radius 1 is 1.12 bits per heavy atom. The molecule has 2 N–H and O–H groups in total. The van der Waals surface area contributed by atoms with E-state index in [0.717, 1.165) is 20.2 Å². The Bertz CT molecular complexity index is 1120. The van der Waals surface area contributed by atoms with E-state index in [1.807, 2.05) is 0 Å². The molecule has 13 nitrogen and oxygen atoms in total. The van der Waals surface area contributed by atoms with E-state index in [9.17, 15) is 32.3 Å². The van der Waals surface area contributed by atoms with Crippen LogP contribution in [0.25, 0.3) is 11.2 Å². The van der Waals surface area contributed by atoms with Crippen LogP contribution in [-0.4, -0.2) is 74.3 Å². The highest BCUT2D eigenvalue weighted by Gasteiger charge is 2.52. The lowest BCUT2D eigenvalue weighted by atomic mass is 10.1. The van der Waals surface area contributed by atoms with Crippen molar-refractivity contribution in [3.05, 3.63) is 12.7 Å². The molecule has 1 saturated heterocycles. The number of imidazole rings is 1. The van der Waals surface area contributed by atoms with Crippen molar-refractivity contribution >= 4 is 40.7 Å². The molecular formula is C18H19F3N6O7. The first-order valence-electron chi connectivity index (χ1n) is 9.67. The third-order valence-electron chi connectivity index (χ3n) is 4.59. The van der Waals surface area contributed by atoms with Gasteiger partial charge in [-0.15, -0.1) is 0 Å². The van der Waals surface area contributed by atoms with Crippen molar-refractivity contribution in [3.8, 4) is 0 Å². The van der Waals surface area contributed by atoms with E-state index < -0.39 is 61.0 Å². The minimum Gasteiger partial charge on any atom is -0.463 e. The molecule has 2 amide bonds. The van der Waals surface area contributed by atoms with Crippen molar-refractivity contribution in [2.45, 2.75) is 51.4 Å². The summed E-state index contributed by atoms with van der Waals surface area (Å²) in [7, 11) is 0. The van der Waals surface area contributed by atoms with Crippen molar-refractivity contribution in [2.24, 2.45) is 0 Å². The maximum atomic E-state index is 12.9. The van der Waals surface area contributed by atoms with E-state index in [4.69, 9.17) is 14.2 Å². The van der Waals surface area contributed by atoms with Crippen molar-refractivity contribution in [1.29, 1.82) is 0 Å². The first-order valence-corrected chi connectivity index (χ1v) is 9.67. The number of alkyl halides is 3. The number of carbonyl (C=O) groups excluding carboxylic acids is 4. The molecule has 34 heavy (non-hydrogen) atoms. The van der Waals surface area contributed by atoms with E-state index in [2.05, 4.69) is 20.3 Å². The van der Waals surface area contributed by atoms with Crippen LogP contribution in [0.1, 0.15) is 27.0 Å². The Kier molecular flexibility index (Phi) is 6.99. The van der Waals surface area contributed by atoms with Crippen LogP contribution in [0.15, 0.2) is 12.7 Å². The number of nitrogens with zero attached hydrogens (tertiary/aromatic N) is 4. The Balaban J connectivity index is 2.04. The van der Waals surface area contributed by atoms with Crippen LogP contribution < -0.4 is 10.6 Å². The van der Waals surface area contributed by atoms with Crippen molar-refractivity contribution in [2.75, 3.05) is 11.9 Å². The topological polar surface area (TPSA) is 164 Å². The fraction of sp³-hybridized carbons (Fsp3) is 0.500. The number of anilines is 1. The minimum atomic E-state index is -5.24. The highest BCUT2D eigenvalue weighted by molar-refractivity contribution is 5.95. The van der Waals surface area contributed by atoms with Crippen LogP contribution in [0, 0.1) is 0 Å². The summed E-state index contributed by atoms with van der Waals surface area (Å²) in [5, 5.41) is 4.20. The van der Waals surface area contributed by atoms with Gasteiger partial charge in [-0.05, 0) is 0 Å². The summed E-state index contributed by atoms with van der Waals surface area (Å²) in [6.45, 7) is 2.78. The highest BCUT2D eigenvalue weighted by atomic mass is 19.4. The molecule has 1 fully saturated rings. The molecule has 16 heteroatoms. The lowest BCUT2D eigenvalue weighted by Crippen LogP contribution is -2.53. The molecule has 0 aliphatic carbocycles. The number of esters is 2. The summed E-state index contributed by atoms with van der Waals surface area (Å²) in [5.41, 5.74) is 0.192. The maximum Gasteiger partial charge on any atom is 0.471 e. The summed E-state index contributed by atoms with van der Waals surface area (Å²) >= 11 is 0. The Labute approximate surface area is 189 Å². The standard InChI is InChI=1S/C18H19F3N6O7/c1-7(28)25-14-12-15(23-5-22-14)27(6-24-12)16-13(33-9(3)30)11(26-17(31)18(19,20)21)10(34-16)4-32-8(2)29/h5-6,10-11,13,16H,4H2,1-3H3,(H,26,31)(H,22,23,25,28)/t10-,11+,13-,16-/m0/s1. The van der Waals surface area contributed by atoms with Gasteiger partial charge in [0.15, 0.2) is 29.3 Å². The van der Waals surface area contributed by atoms with Gasteiger partial charge in [0.05, 0.1) is 6.33 Å². The molecule has 2 aromatic heterocycles. The van der Waals surface area contributed by atoms with Crippen LogP contribution >= 0.6 is 0 Å². The van der Waals surface area contributed by atoms with Gasteiger partial charge in [-0.3, -0.25) is 23.7 Å². The molecule has 4 atom stereocenters. The van der Waals surface area contributed by atoms with Gasteiger partial charge in [0.25, 0.3) is 0 Å². The van der Waals surface area contributed by atoms with Crippen LogP contribution in [-0.2, 0) is 33.4 Å². The van der Waals surface area contributed by atoms with E-state index in [1.54, 1.807) is 5.32 Å². The van der Waals surface area contributed by atoms with E-state index in [-0.39, 0.29) is 17.0 Å². The number of rotatable bonds is 6. The van der Waals surface area contributed by atoms with E-state index in [1.165, 1.54) is 17.8 Å². The van der Waals surface area contributed by atoms with Gasteiger partial charge >= 0.3 is 24.0 Å². The number of aromatic nitrogens is 4. The zero-order chi connectivity index (χ0) is 25.2. The van der Waals surface area contributed by atoms with Gasteiger partial charge in [-0.1, -0.05) is 0 Å². The second-order valence-electron chi connectivity index (χ2n) is 7.17. The average Bonchev–Trinajstić information content (AvgIpc) is 3.27. The van der Waals surface area contributed by atoms with Crippen molar-refractivity contribution in [1.82, 2.24) is 24.8 Å². The SMILES string of the molecule is CC(=O)Nc1ncnc2c1ncn2[C@H]1O[C@@H](COC(C)=O)[C@@H](NC(=O)C(F)(F)F)[C@@H]1OC(C)=O. The molecule has 0 unspecified atom stereocenters. The summed E-state index contributed by atoms with van der Waals surface area (Å²) < 4.78 is 55.9. The second kappa shape index (κ2) is 9.58. The molecule has 0 spiro atoms. The van der Waals surface area contributed by atoms with Crippen molar-refractivity contribution < 1.29 is 46.6 Å². The third-order valence-corrected chi connectivity index (χ3v) is 4.59. The van der Waals surface area contributed by atoms with E-state index in [0.29, 0.717) is 0 Å². The molecule has 1 aliphatic heterocycles. The molecule has 184 valence electrons. The smallest absolute Gasteiger partial charge is 0.463 e. The van der Waals surface area contributed by atoms with Crippen LogP contribution in [0.2, 0.25) is 0 Å². The van der Waals surface area contributed by atoms with Crippen LogP contribution in [0.3, 0.4) is 0 Å². The summed E-state index contributed by atoms with van der Waals surface area (Å²) in [6.07, 6.45) is -7.14. The third kappa shape index (κ3) is 5.38. The Morgan fingerprint density at radius 2 is 1.82 bits per heavy atom. The van der Waals surface area contributed by atoms with Gasteiger partial charge < -0.3 is 24.8 Å². The quantitative estimate of drug-likeness (QED) is 0.538. The fourth-order valence-corrected chi connectivity index (χ4v) is 3.32. The molecule has 0 saturated carbocycles. The molecule has 2 aromatic rings. The summed E-state index contributed by atoms with van der Waals surface area (Å²) in [5.74, 6) is -4.33. The van der Waals surface area contributed by atoms with Gasteiger partial charge in [0.1, 0.15) is 25.1 Å². The molecule has 0 radical (unpaired) electrons. The Morgan fingerprint density at radius 3 is 2.41 bits per heavy atom. The van der Waals surface area contributed by atoms with Gasteiger partial charge in [-0.25, -0.2) is 15.0 Å². The van der Waals surface area contributed by atoms with Gasteiger partial charge in [-0.2, -0.15) is 13.2 Å². The van der Waals surface area contributed by atoms with Gasteiger partial charge in [0.2, 0.25) is 5.91 Å². The zero-order valence-corrected chi connectivity index (χ0v) is 18.0. The van der Waals surface area contributed by atoms with Crippen molar-refractivity contribution in [3.63, 3.8) is 0 Å². The lowest BCUT2D eigenvalue weighted by Gasteiger charge is -2.25. The predicted molar refractivity (Wildman–Crippen MR) is 104 cm³/mol. The monoisotopic (exact) mass is 488 g/mol. The number of ether oxygens (including phenoxy) is 3. The van der Waals surface area contributed by atoms with Crippen LogP contribution in [0.4, 0.5) is 19.0 Å². The number of amides is 2. The number of carbonyl (C=O) groups is 4. The van der Waals surface area contributed by atoms with Crippen LogP contribution in [0.5, 0.6) is 0 Å². The van der Waals surface area contributed by atoms with Gasteiger partial charge in [0, 0.05) is 20.8 Å². The summed E-state index contributed by atoms with van der Waals surface area (Å²) in [4.78, 5) is 58.2. The minimum absolute atomic E-state index is 0.0525. The fourth-order valence-electron chi connectivity index (χ4n) is 3.32. The molecule has 3 rings (SSSR count). The molecule has 0 bridgehead atoms. The zero-order valence-electron chi connectivity index (χ0n) is 18.0. The number of hydrogen-bond donors (Lipinski definition) is 2. The number of hydrogen-bond acceptors (Lipinski definition) is 10. The predicted octanol–water partition coefficient (Wildman–Crippen LogP) is 0.224. The maximum absolute atomic E-state index is 12.9. The first-order chi connectivity index (χ1) is 15.9. The average molecular weight is 488 g/mol. The normalized spacial score (nSPS) is 22.3. The molecular weight excluding hydrogens is 469 g/mol. The summed E-state index contributed by atoms with van der Waals surface area (Å²) in [6, 6.07) is -1.56. The number of nitrogens with one attached hydrogen (secondary N) is 2. The lowest BCUT2D eigenvalue weighted by molar-refractivity contribution is -0.176. The number of halogens is 3. The molecule has 3 heterocycles. The number of fused-ring (bicyclic) bond motifs is 1. The van der Waals surface area contributed by atoms with E-state index >= 15 is 0 Å². The second-order valence-corrected chi connectivity index (χ2v) is 7.17. The molecule has 0 aromatic carbocycles.